The van der Waals surface area contributed by atoms with E-state index in [4.69, 9.17) is 4.74 Å². The molecule has 0 N–H and O–H groups in total. The Balaban J connectivity index is 3.87. The van der Waals surface area contributed by atoms with Crippen LogP contribution in [-0.4, -0.2) is 13.2 Å². The Hall–Kier alpha value is -0.300. The zero-order valence-corrected chi connectivity index (χ0v) is 7.48. The number of methoxy groups -OCH3 is 1. The van der Waals surface area contributed by atoms with Gasteiger partial charge in [0.1, 0.15) is 0 Å². The molecule has 1 atom stereocenters. The first-order valence-electron chi connectivity index (χ1n) is 3.95. The summed E-state index contributed by atoms with van der Waals surface area (Å²) in [5.41, 5.74) is 1.35. The predicted octanol–water partition coefficient (Wildman–Crippen LogP) is 2.77. The van der Waals surface area contributed by atoms with Crippen molar-refractivity contribution in [3.63, 3.8) is 0 Å². The van der Waals surface area contributed by atoms with E-state index in [1.807, 2.05) is 0 Å². The molecule has 60 valence electrons. The van der Waals surface area contributed by atoms with Gasteiger partial charge in [-0.25, -0.2) is 0 Å². The van der Waals surface area contributed by atoms with Crippen LogP contribution in [0.2, 0.25) is 0 Å². The summed E-state index contributed by atoms with van der Waals surface area (Å²) in [7, 11) is 1.77. The summed E-state index contributed by atoms with van der Waals surface area (Å²) in [5.74, 6) is 0. The minimum absolute atomic E-state index is 0.333. The number of allylic oxidation sites excluding steroid dienone is 1. The SMILES string of the molecule is CC/C=C(\C)C(CC)OC. The molecule has 1 nitrogen and oxygen atoms in total. The average molecular weight is 142 g/mol. The van der Waals surface area contributed by atoms with E-state index >= 15 is 0 Å². The third-order valence-corrected chi connectivity index (χ3v) is 1.69. The molecule has 0 saturated carbocycles. The minimum atomic E-state index is 0.333. The van der Waals surface area contributed by atoms with Gasteiger partial charge in [0.15, 0.2) is 0 Å². The lowest BCUT2D eigenvalue weighted by atomic mass is 10.1. The van der Waals surface area contributed by atoms with Crippen molar-refractivity contribution in [1.82, 2.24) is 0 Å². The maximum atomic E-state index is 5.25. The molecule has 0 aromatic carbocycles. The van der Waals surface area contributed by atoms with Crippen LogP contribution in [0, 0.1) is 0 Å². The largest absolute Gasteiger partial charge is 0.377 e. The number of hydrogen-bond acceptors (Lipinski definition) is 1. The number of hydrogen-bond donors (Lipinski definition) is 0. The first-order chi connectivity index (χ1) is 4.76. The maximum Gasteiger partial charge on any atom is 0.0775 e. The molecular formula is C9H18O. The normalized spacial score (nSPS) is 15.4. The average Bonchev–Trinajstić information content (AvgIpc) is 1.91. The van der Waals surface area contributed by atoms with E-state index in [0.29, 0.717) is 6.10 Å². The van der Waals surface area contributed by atoms with Crippen LogP contribution in [0.1, 0.15) is 33.6 Å². The minimum Gasteiger partial charge on any atom is -0.377 e. The topological polar surface area (TPSA) is 9.23 Å². The molecule has 10 heavy (non-hydrogen) atoms. The van der Waals surface area contributed by atoms with E-state index in [0.717, 1.165) is 12.8 Å². The molecule has 1 heteroatoms. The Bertz CT molecular complexity index is 101. The van der Waals surface area contributed by atoms with Crippen molar-refractivity contribution in [3.05, 3.63) is 11.6 Å². The van der Waals surface area contributed by atoms with Crippen LogP contribution in [0.5, 0.6) is 0 Å². The van der Waals surface area contributed by atoms with Crippen LogP contribution in [0.4, 0.5) is 0 Å². The lowest BCUT2D eigenvalue weighted by Gasteiger charge is -2.12. The smallest absolute Gasteiger partial charge is 0.0775 e. The van der Waals surface area contributed by atoms with Gasteiger partial charge in [-0.2, -0.15) is 0 Å². The van der Waals surface area contributed by atoms with Crippen LogP contribution >= 0.6 is 0 Å². The molecule has 0 saturated heterocycles. The molecule has 1 unspecified atom stereocenters. The predicted molar refractivity (Wildman–Crippen MR) is 45.1 cm³/mol. The molecule has 0 aliphatic carbocycles. The highest BCUT2D eigenvalue weighted by Crippen LogP contribution is 2.09. The van der Waals surface area contributed by atoms with Crippen LogP contribution in [0.25, 0.3) is 0 Å². The van der Waals surface area contributed by atoms with Crippen molar-refractivity contribution in [2.45, 2.75) is 39.7 Å². The molecule has 0 fully saturated rings. The first kappa shape index (κ1) is 9.70. The Morgan fingerprint density at radius 2 is 2.10 bits per heavy atom. The van der Waals surface area contributed by atoms with Gasteiger partial charge < -0.3 is 4.74 Å². The molecule has 0 bridgehead atoms. The van der Waals surface area contributed by atoms with Gasteiger partial charge in [0.2, 0.25) is 0 Å². The highest BCUT2D eigenvalue weighted by molar-refractivity contribution is 5.03. The summed E-state index contributed by atoms with van der Waals surface area (Å²) in [6, 6.07) is 0. The molecule has 0 aromatic rings. The van der Waals surface area contributed by atoms with Crippen LogP contribution in [0.3, 0.4) is 0 Å². The van der Waals surface area contributed by atoms with E-state index in [1.54, 1.807) is 7.11 Å². The summed E-state index contributed by atoms with van der Waals surface area (Å²) >= 11 is 0. The second-order valence-corrected chi connectivity index (χ2v) is 2.49. The highest BCUT2D eigenvalue weighted by Gasteiger charge is 2.03. The Kier molecular flexibility index (Phi) is 5.32. The molecule has 0 radical (unpaired) electrons. The van der Waals surface area contributed by atoms with Gasteiger partial charge in [-0.1, -0.05) is 19.9 Å². The fourth-order valence-corrected chi connectivity index (χ4v) is 1.13. The number of ether oxygens (including phenoxy) is 1. The molecule has 0 heterocycles. The van der Waals surface area contributed by atoms with Crippen LogP contribution in [0.15, 0.2) is 11.6 Å². The maximum absolute atomic E-state index is 5.25. The third kappa shape index (κ3) is 3.02. The molecule has 0 aromatic heterocycles. The fraction of sp³-hybridized carbons (Fsp3) is 0.778. The summed E-state index contributed by atoms with van der Waals surface area (Å²) < 4.78 is 5.25. The Morgan fingerprint density at radius 1 is 1.50 bits per heavy atom. The quantitative estimate of drug-likeness (QED) is 0.548. The van der Waals surface area contributed by atoms with Crippen molar-refractivity contribution in [1.29, 1.82) is 0 Å². The van der Waals surface area contributed by atoms with Crippen molar-refractivity contribution >= 4 is 0 Å². The molecule has 0 aliphatic heterocycles. The standard InChI is InChI=1S/C9H18O/c1-5-7-8(3)9(6-2)10-4/h7,9H,5-6H2,1-4H3/b8-7+. The molecule has 0 amide bonds. The Morgan fingerprint density at radius 3 is 2.40 bits per heavy atom. The van der Waals surface area contributed by atoms with E-state index in [2.05, 4.69) is 26.8 Å². The van der Waals surface area contributed by atoms with Crippen LogP contribution in [-0.2, 0) is 4.74 Å². The first-order valence-corrected chi connectivity index (χ1v) is 3.95. The molecular weight excluding hydrogens is 124 g/mol. The molecule has 0 rings (SSSR count). The summed E-state index contributed by atoms with van der Waals surface area (Å²) in [6.07, 6.45) is 4.72. The van der Waals surface area contributed by atoms with E-state index in [9.17, 15) is 0 Å². The summed E-state index contributed by atoms with van der Waals surface area (Å²) in [5, 5.41) is 0. The van der Waals surface area contributed by atoms with Crippen molar-refractivity contribution in [2.24, 2.45) is 0 Å². The monoisotopic (exact) mass is 142 g/mol. The highest BCUT2D eigenvalue weighted by atomic mass is 16.5. The zero-order valence-electron chi connectivity index (χ0n) is 7.48. The van der Waals surface area contributed by atoms with Crippen molar-refractivity contribution in [2.75, 3.05) is 7.11 Å². The van der Waals surface area contributed by atoms with Crippen molar-refractivity contribution in [3.8, 4) is 0 Å². The lowest BCUT2D eigenvalue weighted by Crippen LogP contribution is -2.09. The van der Waals surface area contributed by atoms with Gasteiger partial charge in [-0.3, -0.25) is 0 Å². The van der Waals surface area contributed by atoms with E-state index in [1.165, 1.54) is 5.57 Å². The van der Waals surface area contributed by atoms with Gasteiger partial charge in [-0.15, -0.1) is 0 Å². The second kappa shape index (κ2) is 5.48. The lowest BCUT2D eigenvalue weighted by molar-refractivity contribution is 0.128. The second-order valence-electron chi connectivity index (χ2n) is 2.49. The van der Waals surface area contributed by atoms with Gasteiger partial charge >= 0.3 is 0 Å². The fourth-order valence-electron chi connectivity index (χ4n) is 1.13. The van der Waals surface area contributed by atoms with Gasteiger partial charge in [0, 0.05) is 7.11 Å². The zero-order chi connectivity index (χ0) is 7.98. The van der Waals surface area contributed by atoms with Gasteiger partial charge in [0.25, 0.3) is 0 Å². The summed E-state index contributed by atoms with van der Waals surface area (Å²) in [6.45, 7) is 6.41. The number of rotatable bonds is 4. The third-order valence-electron chi connectivity index (χ3n) is 1.69. The van der Waals surface area contributed by atoms with E-state index < -0.39 is 0 Å². The van der Waals surface area contributed by atoms with Gasteiger partial charge in [-0.05, 0) is 25.3 Å². The van der Waals surface area contributed by atoms with Crippen LogP contribution < -0.4 is 0 Å². The molecule has 0 aliphatic rings. The van der Waals surface area contributed by atoms with Crippen molar-refractivity contribution < 1.29 is 4.74 Å². The Labute approximate surface area is 64.1 Å². The summed E-state index contributed by atoms with van der Waals surface area (Å²) in [4.78, 5) is 0. The van der Waals surface area contributed by atoms with Gasteiger partial charge in [0.05, 0.1) is 6.10 Å². The molecule has 0 spiro atoms. The van der Waals surface area contributed by atoms with E-state index in [-0.39, 0.29) is 0 Å².